The van der Waals surface area contributed by atoms with Crippen LogP contribution in [0.15, 0.2) is 48.7 Å². The Balaban J connectivity index is 1.78. The first-order chi connectivity index (χ1) is 9.79. The van der Waals surface area contributed by atoms with Gasteiger partial charge in [-0.25, -0.2) is 0 Å². The first-order valence-electron chi connectivity index (χ1n) is 7.22. The number of nitrogens with one attached hydrogen (secondary N) is 1. The minimum absolute atomic E-state index is 0.826. The van der Waals surface area contributed by atoms with Crippen molar-refractivity contribution in [3.63, 3.8) is 0 Å². The minimum atomic E-state index is 0.826. The number of anilines is 1. The van der Waals surface area contributed by atoms with Crippen LogP contribution in [0.3, 0.4) is 0 Å². The topological polar surface area (TPSA) is 28.2 Å². The van der Waals surface area contributed by atoms with Gasteiger partial charge >= 0.3 is 0 Å². The number of rotatable bonds is 7. The number of pyridine rings is 1. The lowest BCUT2D eigenvalue weighted by Gasteiger charge is -2.23. The van der Waals surface area contributed by atoms with Gasteiger partial charge in [-0.05, 0) is 38.1 Å². The van der Waals surface area contributed by atoms with Crippen molar-refractivity contribution in [3.8, 4) is 0 Å². The van der Waals surface area contributed by atoms with E-state index in [9.17, 15) is 0 Å². The molecular weight excluding hydrogens is 246 g/mol. The highest BCUT2D eigenvalue weighted by atomic mass is 15.1. The molecule has 0 amide bonds. The lowest BCUT2D eigenvalue weighted by Crippen LogP contribution is -2.31. The zero-order valence-electron chi connectivity index (χ0n) is 12.3. The summed E-state index contributed by atoms with van der Waals surface area (Å²) in [5.41, 5.74) is 3.68. The van der Waals surface area contributed by atoms with Gasteiger partial charge in [0, 0.05) is 38.1 Å². The molecule has 2 rings (SSSR count). The van der Waals surface area contributed by atoms with Crippen LogP contribution >= 0.6 is 0 Å². The van der Waals surface area contributed by atoms with Crippen LogP contribution in [0.1, 0.15) is 18.2 Å². The molecule has 0 aliphatic heterocycles. The SMILES string of the molecule is CCN(CCNCc1ccccn1)c1ccc(C)cc1. The van der Waals surface area contributed by atoms with E-state index in [1.54, 1.807) is 0 Å². The number of aryl methyl sites for hydroxylation is 1. The second-order valence-corrected chi connectivity index (χ2v) is 4.91. The third kappa shape index (κ3) is 4.35. The van der Waals surface area contributed by atoms with Crippen LogP contribution in [0.2, 0.25) is 0 Å². The highest BCUT2D eigenvalue weighted by Gasteiger charge is 2.03. The molecular formula is C17H23N3. The third-order valence-electron chi connectivity index (χ3n) is 3.37. The predicted molar refractivity (Wildman–Crippen MR) is 85.0 cm³/mol. The number of likely N-dealkylation sites (N-methyl/N-ethyl adjacent to an activating group) is 1. The fraction of sp³-hybridized carbons (Fsp3) is 0.353. The zero-order chi connectivity index (χ0) is 14.2. The monoisotopic (exact) mass is 269 g/mol. The smallest absolute Gasteiger partial charge is 0.0541 e. The summed E-state index contributed by atoms with van der Waals surface area (Å²) in [4.78, 5) is 6.69. The van der Waals surface area contributed by atoms with Gasteiger partial charge in [0.2, 0.25) is 0 Å². The van der Waals surface area contributed by atoms with Gasteiger partial charge in [0.15, 0.2) is 0 Å². The number of nitrogens with zero attached hydrogens (tertiary/aromatic N) is 2. The van der Waals surface area contributed by atoms with Crippen LogP contribution in [0.25, 0.3) is 0 Å². The maximum absolute atomic E-state index is 4.31. The van der Waals surface area contributed by atoms with Gasteiger partial charge in [-0.3, -0.25) is 4.98 Å². The van der Waals surface area contributed by atoms with Crippen LogP contribution in [0.4, 0.5) is 5.69 Å². The molecule has 0 radical (unpaired) electrons. The molecule has 3 heteroatoms. The van der Waals surface area contributed by atoms with E-state index < -0.39 is 0 Å². The van der Waals surface area contributed by atoms with Crippen molar-refractivity contribution < 1.29 is 0 Å². The molecule has 0 saturated carbocycles. The Kier molecular flexibility index (Phi) is 5.56. The lowest BCUT2D eigenvalue weighted by atomic mass is 10.2. The summed E-state index contributed by atoms with van der Waals surface area (Å²) in [5, 5.41) is 3.44. The molecule has 1 aromatic carbocycles. The Morgan fingerprint density at radius 1 is 1.10 bits per heavy atom. The summed E-state index contributed by atoms with van der Waals surface area (Å²) in [5.74, 6) is 0. The van der Waals surface area contributed by atoms with Crippen molar-refractivity contribution >= 4 is 5.69 Å². The van der Waals surface area contributed by atoms with Crippen molar-refractivity contribution in [3.05, 3.63) is 59.9 Å². The molecule has 0 aliphatic rings. The largest absolute Gasteiger partial charge is 0.371 e. The summed E-state index contributed by atoms with van der Waals surface area (Å²) in [6.45, 7) is 8.12. The number of benzene rings is 1. The fourth-order valence-electron chi connectivity index (χ4n) is 2.16. The molecule has 106 valence electrons. The molecule has 0 bridgehead atoms. The quantitative estimate of drug-likeness (QED) is 0.783. The molecule has 1 N–H and O–H groups in total. The molecule has 1 aromatic heterocycles. The van der Waals surface area contributed by atoms with E-state index in [1.807, 2.05) is 24.4 Å². The highest BCUT2D eigenvalue weighted by Crippen LogP contribution is 2.14. The maximum atomic E-state index is 4.31. The molecule has 0 aliphatic carbocycles. The van der Waals surface area contributed by atoms with Crippen LogP contribution in [-0.2, 0) is 6.54 Å². The average Bonchev–Trinajstić information content (AvgIpc) is 2.50. The van der Waals surface area contributed by atoms with Crippen molar-refractivity contribution in [2.24, 2.45) is 0 Å². The molecule has 0 atom stereocenters. The maximum Gasteiger partial charge on any atom is 0.0541 e. The lowest BCUT2D eigenvalue weighted by molar-refractivity contribution is 0.656. The van der Waals surface area contributed by atoms with E-state index in [0.717, 1.165) is 31.9 Å². The predicted octanol–water partition coefficient (Wildman–Crippen LogP) is 3.01. The molecule has 2 aromatic rings. The van der Waals surface area contributed by atoms with Crippen LogP contribution < -0.4 is 10.2 Å². The normalized spacial score (nSPS) is 10.5. The molecule has 0 unspecified atom stereocenters. The Morgan fingerprint density at radius 3 is 2.55 bits per heavy atom. The second-order valence-electron chi connectivity index (χ2n) is 4.91. The number of hydrogen-bond acceptors (Lipinski definition) is 3. The molecule has 0 fully saturated rings. The van der Waals surface area contributed by atoms with E-state index in [4.69, 9.17) is 0 Å². The van der Waals surface area contributed by atoms with Crippen molar-refractivity contribution in [1.82, 2.24) is 10.3 Å². The van der Waals surface area contributed by atoms with E-state index in [1.165, 1.54) is 11.3 Å². The first-order valence-corrected chi connectivity index (χ1v) is 7.22. The van der Waals surface area contributed by atoms with Crippen LogP contribution in [0.5, 0.6) is 0 Å². The van der Waals surface area contributed by atoms with E-state index in [-0.39, 0.29) is 0 Å². The van der Waals surface area contributed by atoms with Gasteiger partial charge in [-0.2, -0.15) is 0 Å². The van der Waals surface area contributed by atoms with E-state index >= 15 is 0 Å². The molecule has 1 heterocycles. The summed E-state index contributed by atoms with van der Waals surface area (Å²) >= 11 is 0. The molecule has 0 spiro atoms. The zero-order valence-corrected chi connectivity index (χ0v) is 12.3. The van der Waals surface area contributed by atoms with Gasteiger partial charge in [0.25, 0.3) is 0 Å². The Labute approximate surface area is 121 Å². The van der Waals surface area contributed by atoms with Gasteiger partial charge in [0.1, 0.15) is 0 Å². The van der Waals surface area contributed by atoms with Crippen molar-refractivity contribution in [2.45, 2.75) is 20.4 Å². The van der Waals surface area contributed by atoms with Crippen molar-refractivity contribution in [1.29, 1.82) is 0 Å². The van der Waals surface area contributed by atoms with Gasteiger partial charge in [-0.1, -0.05) is 23.8 Å². The number of hydrogen-bond donors (Lipinski definition) is 1. The minimum Gasteiger partial charge on any atom is -0.371 e. The highest BCUT2D eigenvalue weighted by molar-refractivity contribution is 5.47. The second kappa shape index (κ2) is 7.65. The Bertz CT molecular complexity index is 493. The Hall–Kier alpha value is -1.87. The van der Waals surface area contributed by atoms with E-state index in [2.05, 4.69) is 53.3 Å². The summed E-state index contributed by atoms with van der Waals surface area (Å²) in [6.07, 6.45) is 1.83. The standard InChI is InChI=1S/C17H23N3/c1-3-20(17-9-7-15(2)8-10-17)13-12-18-14-16-6-4-5-11-19-16/h4-11,18H,3,12-14H2,1-2H3. The molecule has 0 saturated heterocycles. The third-order valence-corrected chi connectivity index (χ3v) is 3.37. The summed E-state index contributed by atoms with van der Waals surface area (Å²) in [6, 6.07) is 14.7. The Morgan fingerprint density at radius 2 is 1.90 bits per heavy atom. The summed E-state index contributed by atoms with van der Waals surface area (Å²) < 4.78 is 0. The van der Waals surface area contributed by atoms with Crippen LogP contribution in [0, 0.1) is 6.92 Å². The fourth-order valence-corrected chi connectivity index (χ4v) is 2.16. The summed E-state index contributed by atoms with van der Waals surface area (Å²) in [7, 11) is 0. The van der Waals surface area contributed by atoms with E-state index in [0.29, 0.717) is 0 Å². The van der Waals surface area contributed by atoms with Gasteiger partial charge < -0.3 is 10.2 Å². The molecule has 3 nitrogen and oxygen atoms in total. The number of aromatic nitrogens is 1. The van der Waals surface area contributed by atoms with Gasteiger partial charge in [0.05, 0.1) is 5.69 Å². The average molecular weight is 269 g/mol. The van der Waals surface area contributed by atoms with Crippen LogP contribution in [-0.4, -0.2) is 24.6 Å². The molecule has 20 heavy (non-hydrogen) atoms. The van der Waals surface area contributed by atoms with Gasteiger partial charge in [-0.15, -0.1) is 0 Å². The first kappa shape index (κ1) is 14.5. The van der Waals surface area contributed by atoms with Crippen molar-refractivity contribution in [2.75, 3.05) is 24.5 Å².